The monoisotopic (exact) mass is 268 g/mol. The lowest BCUT2D eigenvalue weighted by Gasteiger charge is -2.12. The Kier molecular flexibility index (Phi) is 6.65. The number of nitrogens with zero attached hydrogens (tertiary/aromatic N) is 2. The molecule has 0 bridgehead atoms. The maximum absolute atomic E-state index is 8.95. The van der Waals surface area contributed by atoms with E-state index in [0.717, 1.165) is 29.3 Å². The van der Waals surface area contributed by atoms with E-state index in [0.29, 0.717) is 17.6 Å². The summed E-state index contributed by atoms with van der Waals surface area (Å²) in [6, 6.07) is 0. The molecule has 4 heteroatoms. The fourth-order valence-corrected chi connectivity index (χ4v) is 2.50. The molecule has 102 valence electrons. The van der Waals surface area contributed by atoms with Crippen LogP contribution >= 0.6 is 11.8 Å². The molecule has 0 fully saturated rings. The fourth-order valence-electron chi connectivity index (χ4n) is 1.73. The number of thioether (sulfide) groups is 1. The summed E-state index contributed by atoms with van der Waals surface area (Å²) >= 11 is 1.61. The van der Waals surface area contributed by atoms with Gasteiger partial charge in [-0.25, -0.2) is 4.98 Å². The summed E-state index contributed by atoms with van der Waals surface area (Å²) in [6.45, 7) is 8.92. The van der Waals surface area contributed by atoms with E-state index in [4.69, 9.17) is 10.1 Å². The maximum Gasteiger partial charge on any atom is 0.118 e. The quantitative estimate of drug-likeness (QED) is 0.772. The van der Waals surface area contributed by atoms with Crippen LogP contribution in [0.25, 0.3) is 0 Å². The first kappa shape index (κ1) is 15.4. The van der Waals surface area contributed by atoms with Gasteiger partial charge in [0.1, 0.15) is 5.03 Å². The molecular weight excluding hydrogens is 244 g/mol. The third-order valence-corrected chi connectivity index (χ3v) is 3.40. The predicted molar refractivity (Wildman–Crippen MR) is 76.9 cm³/mol. The first-order valence-electron chi connectivity index (χ1n) is 6.61. The molecule has 0 atom stereocenters. The zero-order chi connectivity index (χ0) is 13.5. The maximum atomic E-state index is 8.95. The van der Waals surface area contributed by atoms with E-state index in [2.05, 4.69) is 32.7 Å². The molecule has 1 rings (SSSR count). The van der Waals surface area contributed by atoms with Crippen molar-refractivity contribution in [3.8, 4) is 0 Å². The van der Waals surface area contributed by atoms with Crippen LogP contribution in [0.15, 0.2) is 11.2 Å². The van der Waals surface area contributed by atoms with Gasteiger partial charge >= 0.3 is 0 Å². The van der Waals surface area contributed by atoms with Crippen LogP contribution in [0.5, 0.6) is 0 Å². The Morgan fingerprint density at radius 2 is 1.83 bits per heavy atom. The Morgan fingerprint density at radius 3 is 2.39 bits per heavy atom. The van der Waals surface area contributed by atoms with Crippen molar-refractivity contribution in [2.75, 3.05) is 12.4 Å². The standard InChI is InChI=1S/C14H24N2OS/c1-10(2)7-12-9-15-13(8-11(3)4)14(16-12)18-6-5-17/h9-11,17H,5-8H2,1-4H3. The van der Waals surface area contributed by atoms with E-state index in [1.165, 1.54) is 0 Å². The van der Waals surface area contributed by atoms with Gasteiger partial charge in [-0.2, -0.15) is 0 Å². The molecule has 0 aliphatic carbocycles. The highest BCUT2D eigenvalue weighted by Gasteiger charge is 2.10. The number of rotatable bonds is 7. The minimum atomic E-state index is 0.182. The largest absolute Gasteiger partial charge is 0.396 e. The topological polar surface area (TPSA) is 46.0 Å². The molecule has 1 aromatic rings. The zero-order valence-corrected chi connectivity index (χ0v) is 12.6. The molecule has 0 spiro atoms. The second kappa shape index (κ2) is 7.74. The van der Waals surface area contributed by atoms with E-state index in [1.807, 2.05) is 6.20 Å². The van der Waals surface area contributed by atoms with E-state index in [9.17, 15) is 0 Å². The molecule has 0 amide bonds. The predicted octanol–water partition coefficient (Wildman–Crippen LogP) is 2.96. The van der Waals surface area contributed by atoms with E-state index in [1.54, 1.807) is 11.8 Å². The van der Waals surface area contributed by atoms with E-state index >= 15 is 0 Å². The smallest absolute Gasteiger partial charge is 0.118 e. The summed E-state index contributed by atoms with van der Waals surface area (Å²) in [7, 11) is 0. The van der Waals surface area contributed by atoms with Gasteiger partial charge in [-0.3, -0.25) is 4.98 Å². The van der Waals surface area contributed by atoms with Gasteiger partial charge < -0.3 is 5.11 Å². The zero-order valence-electron chi connectivity index (χ0n) is 11.8. The van der Waals surface area contributed by atoms with Crippen molar-refractivity contribution in [1.82, 2.24) is 9.97 Å². The number of hydrogen-bond donors (Lipinski definition) is 1. The Hall–Kier alpha value is -0.610. The van der Waals surface area contributed by atoms with Crippen LogP contribution in [-0.2, 0) is 12.8 Å². The third kappa shape index (κ3) is 5.36. The molecule has 0 aromatic carbocycles. The van der Waals surface area contributed by atoms with Gasteiger partial charge in [0.25, 0.3) is 0 Å². The highest BCUT2D eigenvalue weighted by molar-refractivity contribution is 7.99. The van der Waals surface area contributed by atoms with Crippen molar-refractivity contribution in [2.45, 2.75) is 45.6 Å². The lowest BCUT2D eigenvalue weighted by atomic mass is 10.1. The van der Waals surface area contributed by atoms with Gasteiger partial charge in [-0.05, 0) is 24.7 Å². The van der Waals surface area contributed by atoms with Gasteiger partial charge in [-0.15, -0.1) is 11.8 Å². The Morgan fingerprint density at radius 1 is 1.17 bits per heavy atom. The normalized spacial score (nSPS) is 11.5. The number of aliphatic hydroxyl groups excluding tert-OH is 1. The average Bonchev–Trinajstić information content (AvgIpc) is 2.27. The van der Waals surface area contributed by atoms with Crippen molar-refractivity contribution in [1.29, 1.82) is 0 Å². The van der Waals surface area contributed by atoms with Crippen molar-refractivity contribution >= 4 is 11.8 Å². The van der Waals surface area contributed by atoms with Crippen LogP contribution in [0.4, 0.5) is 0 Å². The lowest BCUT2D eigenvalue weighted by Crippen LogP contribution is -2.06. The lowest BCUT2D eigenvalue weighted by molar-refractivity contribution is 0.322. The van der Waals surface area contributed by atoms with Crippen LogP contribution in [0.2, 0.25) is 0 Å². The van der Waals surface area contributed by atoms with Crippen molar-refractivity contribution in [2.24, 2.45) is 11.8 Å². The minimum Gasteiger partial charge on any atom is -0.396 e. The molecule has 0 aliphatic heterocycles. The van der Waals surface area contributed by atoms with Crippen molar-refractivity contribution < 1.29 is 5.11 Å². The molecule has 3 nitrogen and oxygen atoms in total. The summed E-state index contributed by atoms with van der Waals surface area (Å²) in [6.07, 6.45) is 3.81. The van der Waals surface area contributed by atoms with Crippen molar-refractivity contribution in [3.63, 3.8) is 0 Å². The van der Waals surface area contributed by atoms with E-state index in [-0.39, 0.29) is 6.61 Å². The first-order valence-corrected chi connectivity index (χ1v) is 7.60. The molecule has 1 aromatic heterocycles. The molecule has 1 N–H and O–H groups in total. The molecule has 0 saturated carbocycles. The molecule has 0 unspecified atom stereocenters. The number of aliphatic hydroxyl groups is 1. The summed E-state index contributed by atoms with van der Waals surface area (Å²) in [4.78, 5) is 9.25. The Bertz CT molecular complexity index is 367. The van der Waals surface area contributed by atoms with Gasteiger partial charge in [0.15, 0.2) is 0 Å². The summed E-state index contributed by atoms with van der Waals surface area (Å²) in [5.41, 5.74) is 2.12. The SMILES string of the molecule is CC(C)Cc1cnc(CC(C)C)c(SCCO)n1. The molecule has 1 heterocycles. The van der Waals surface area contributed by atoms with Crippen LogP contribution in [0.1, 0.15) is 39.1 Å². The minimum absolute atomic E-state index is 0.182. The third-order valence-electron chi connectivity index (χ3n) is 2.41. The summed E-state index contributed by atoms with van der Waals surface area (Å²) in [5.74, 6) is 1.85. The number of aromatic nitrogens is 2. The first-order chi connectivity index (χ1) is 8.52. The summed E-state index contributed by atoms with van der Waals surface area (Å²) in [5, 5.41) is 9.94. The van der Waals surface area contributed by atoms with Crippen LogP contribution in [0.3, 0.4) is 0 Å². The van der Waals surface area contributed by atoms with Crippen LogP contribution in [0, 0.1) is 11.8 Å². The molecular formula is C14H24N2OS. The van der Waals surface area contributed by atoms with E-state index < -0.39 is 0 Å². The molecule has 0 radical (unpaired) electrons. The fraction of sp³-hybridized carbons (Fsp3) is 0.714. The molecule has 18 heavy (non-hydrogen) atoms. The van der Waals surface area contributed by atoms with Crippen LogP contribution < -0.4 is 0 Å². The second-order valence-corrected chi connectivity index (χ2v) is 6.46. The van der Waals surface area contributed by atoms with Gasteiger partial charge in [-0.1, -0.05) is 27.7 Å². The van der Waals surface area contributed by atoms with Gasteiger partial charge in [0.2, 0.25) is 0 Å². The van der Waals surface area contributed by atoms with Gasteiger partial charge in [0.05, 0.1) is 18.0 Å². The Balaban J connectivity index is 2.88. The summed E-state index contributed by atoms with van der Waals surface area (Å²) < 4.78 is 0. The van der Waals surface area contributed by atoms with Gasteiger partial charge in [0, 0.05) is 11.9 Å². The highest BCUT2D eigenvalue weighted by Crippen LogP contribution is 2.22. The van der Waals surface area contributed by atoms with Crippen LogP contribution in [-0.4, -0.2) is 27.4 Å². The molecule has 0 aliphatic rings. The number of hydrogen-bond acceptors (Lipinski definition) is 4. The average molecular weight is 268 g/mol. The second-order valence-electron chi connectivity index (χ2n) is 5.38. The van der Waals surface area contributed by atoms with Crippen molar-refractivity contribution in [3.05, 3.63) is 17.6 Å². The Labute approximate surface area is 114 Å². The molecule has 0 saturated heterocycles. The highest BCUT2D eigenvalue weighted by atomic mass is 32.2.